The van der Waals surface area contributed by atoms with Crippen LogP contribution >= 0.6 is 0 Å². The molecule has 0 radical (unpaired) electrons. The van der Waals surface area contributed by atoms with Crippen LogP contribution in [0.5, 0.6) is 11.5 Å². The fraction of sp³-hybridized carbons (Fsp3) is 0.111. The quantitative estimate of drug-likeness (QED) is 0.740. The maximum atomic E-state index is 11.1. The Labute approximate surface area is 98.7 Å². The molecule has 1 aliphatic heterocycles. The largest absolute Gasteiger partial charge is 0.382 e. The summed E-state index contributed by atoms with van der Waals surface area (Å²) < 4.78 is 53.4. The molecule has 1 aromatic rings. The predicted octanol–water partition coefficient (Wildman–Crippen LogP) is 0.718. The van der Waals surface area contributed by atoms with Crippen LogP contribution in [0, 0.1) is 0 Å². The van der Waals surface area contributed by atoms with E-state index in [1.54, 1.807) is 0 Å². The molecule has 0 aliphatic carbocycles. The van der Waals surface area contributed by atoms with Crippen LogP contribution in [0.15, 0.2) is 23.6 Å². The van der Waals surface area contributed by atoms with Crippen LogP contribution in [0.25, 0.3) is 6.08 Å². The van der Waals surface area contributed by atoms with Gasteiger partial charge in [0, 0.05) is 11.6 Å². The van der Waals surface area contributed by atoms with E-state index < -0.39 is 20.2 Å². The van der Waals surface area contributed by atoms with E-state index in [0.717, 1.165) is 11.7 Å². The molecule has 6 nitrogen and oxygen atoms in total. The van der Waals surface area contributed by atoms with Crippen LogP contribution in [0.1, 0.15) is 5.56 Å². The van der Waals surface area contributed by atoms with Crippen LogP contribution in [-0.4, -0.2) is 23.1 Å². The average Bonchev–Trinajstić information content (AvgIpc) is 2.12. The third-order valence-electron chi connectivity index (χ3n) is 1.85. The zero-order chi connectivity index (χ0) is 12.7. The zero-order valence-corrected chi connectivity index (χ0v) is 10.3. The third kappa shape index (κ3) is 2.98. The molecule has 1 aromatic carbocycles. The second-order valence-corrected chi connectivity index (χ2v) is 6.37. The molecule has 0 bridgehead atoms. The molecule has 8 heteroatoms. The Morgan fingerprint density at radius 3 is 2.65 bits per heavy atom. The van der Waals surface area contributed by atoms with E-state index in [2.05, 4.69) is 8.37 Å². The van der Waals surface area contributed by atoms with Crippen molar-refractivity contribution in [2.45, 2.75) is 0 Å². The van der Waals surface area contributed by atoms with Crippen molar-refractivity contribution >= 4 is 26.3 Å². The smallest absolute Gasteiger partial charge is 0.332 e. The van der Waals surface area contributed by atoms with E-state index in [1.807, 2.05) is 0 Å². The van der Waals surface area contributed by atoms with Crippen molar-refractivity contribution in [1.82, 2.24) is 0 Å². The summed E-state index contributed by atoms with van der Waals surface area (Å²) in [6.07, 6.45) is 2.25. The van der Waals surface area contributed by atoms with Gasteiger partial charge in [0.15, 0.2) is 5.75 Å². The molecule has 0 aromatic heterocycles. The number of hydrogen-bond donors (Lipinski definition) is 0. The van der Waals surface area contributed by atoms with Gasteiger partial charge in [-0.25, -0.2) is 0 Å². The van der Waals surface area contributed by atoms with Crippen LogP contribution in [-0.2, 0) is 20.2 Å². The van der Waals surface area contributed by atoms with Gasteiger partial charge >= 0.3 is 20.2 Å². The van der Waals surface area contributed by atoms with E-state index in [9.17, 15) is 16.8 Å². The first-order chi connectivity index (χ1) is 7.75. The highest BCUT2D eigenvalue weighted by molar-refractivity contribution is 7.90. The molecule has 92 valence electrons. The molecular weight excluding hydrogens is 268 g/mol. The highest BCUT2D eigenvalue weighted by atomic mass is 32.2. The van der Waals surface area contributed by atoms with E-state index >= 15 is 0 Å². The van der Waals surface area contributed by atoms with Crippen LogP contribution < -0.4 is 8.37 Å². The maximum Gasteiger partial charge on any atom is 0.332 e. The molecule has 0 atom stereocenters. The van der Waals surface area contributed by atoms with Gasteiger partial charge in [-0.2, -0.15) is 16.8 Å². The molecule has 0 unspecified atom stereocenters. The Balaban J connectivity index is 2.42. The van der Waals surface area contributed by atoms with Gasteiger partial charge in [0.1, 0.15) is 5.75 Å². The predicted molar refractivity (Wildman–Crippen MR) is 60.5 cm³/mol. The molecule has 0 saturated heterocycles. The summed E-state index contributed by atoms with van der Waals surface area (Å²) in [4.78, 5) is 0. The topological polar surface area (TPSA) is 86.7 Å². The van der Waals surface area contributed by atoms with Crippen molar-refractivity contribution in [2.75, 3.05) is 6.26 Å². The molecule has 17 heavy (non-hydrogen) atoms. The molecular formula is C9H8O6S2. The van der Waals surface area contributed by atoms with Gasteiger partial charge in [-0.3, -0.25) is 0 Å². The third-order valence-corrected chi connectivity index (χ3v) is 3.23. The molecule has 0 fully saturated rings. The van der Waals surface area contributed by atoms with Gasteiger partial charge in [-0.1, -0.05) is 0 Å². The molecule has 0 spiro atoms. The lowest BCUT2D eigenvalue weighted by molar-refractivity contribution is 0.483. The SMILES string of the molecule is CS(=O)(=O)Oc1ccc2c(c1)OS(=O)(=O)C=C2. The first-order valence-electron chi connectivity index (χ1n) is 4.41. The second-order valence-electron chi connectivity index (χ2n) is 3.37. The van der Waals surface area contributed by atoms with E-state index in [0.29, 0.717) is 5.56 Å². The van der Waals surface area contributed by atoms with Crippen LogP contribution in [0.3, 0.4) is 0 Å². The minimum Gasteiger partial charge on any atom is -0.382 e. The highest BCUT2D eigenvalue weighted by Crippen LogP contribution is 2.31. The van der Waals surface area contributed by atoms with Gasteiger partial charge in [-0.05, 0) is 18.2 Å². The Morgan fingerprint density at radius 1 is 1.29 bits per heavy atom. The Bertz CT molecular complexity index is 684. The molecule has 1 heterocycles. The summed E-state index contributed by atoms with van der Waals surface area (Å²) in [5.41, 5.74) is 0.528. The zero-order valence-electron chi connectivity index (χ0n) is 8.65. The second kappa shape index (κ2) is 3.74. The summed E-state index contributed by atoms with van der Waals surface area (Å²) in [5.74, 6) is 0.0328. The summed E-state index contributed by atoms with van der Waals surface area (Å²) in [7, 11) is -7.40. The fourth-order valence-corrected chi connectivity index (χ4v) is 2.48. The van der Waals surface area contributed by atoms with Crippen molar-refractivity contribution in [3.05, 3.63) is 29.2 Å². The van der Waals surface area contributed by atoms with Gasteiger partial charge in [-0.15, -0.1) is 0 Å². The highest BCUT2D eigenvalue weighted by Gasteiger charge is 2.18. The summed E-state index contributed by atoms with van der Waals surface area (Å²) in [6.45, 7) is 0. The van der Waals surface area contributed by atoms with Gasteiger partial charge < -0.3 is 8.37 Å². The molecule has 2 rings (SSSR count). The standard InChI is InChI=1S/C9H8O6S2/c1-16(10,11)14-8-3-2-7-4-5-17(12,13)15-9(7)6-8/h2-6H,1H3. The Morgan fingerprint density at radius 2 is 2.00 bits per heavy atom. The minimum atomic E-state index is -3.74. The summed E-state index contributed by atoms with van der Waals surface area (Å²) >= 11 is 0. The van der Waals surface area contributed by atoms with Crippen molar-refractivity contribution in [3.63, 3.8) is 0 Å². The lowest BCUT2D eigenvalue weighted by Crippen LogP contribution is -2.10. The number of benzene rings is 1. The molecule has 1 aliphatic rings. The van der Waals surface area contributed by atoms with Gasteiger partial charge in [0.2, 0.25) is 0 Å². The number of fused-ring (bicyclic) bond motifs is 1. The molecule has 0 N–H and O–H groups in total. The van der Waals surface area contributed by atoms with Crippen molar-refractivity contribution in [3.8, 4) is 11.5 Å². The molecule has 0 amide bonds. The maximum absolute atomic E-state index is 11.1. The Kier molecular flexibility index (Phi) is 2.63. The van der Waals surface area contributed by atoms with Crippen molar-refractivity contribution in [1.29, 1.82) is 0 Å². The van der Waals surface area contributed by atoms with Crippen molar-refractivity contribution in [2.24, 2.45) is 0 Å². The van der Waals surface area contributed by atoms with Gasteiger partial charge in [0.25, 0.3) is 0 Å². The first-order valence-corrected chi connectivity index (χ1v) is 7.70. The lowest BCUT2D eigenvalue weighted by atomic mass is 10.2. The first kappa shape index (κ1) is 11.9. The normalized spacial score (nSPS) is 17.0. The van der Waals surface area contributed by atoms with E-state index in [4.69, 9.17) is 0 Å². The minimum absolute atomic E-state index is 0.00301. The summed E-state index contributed by atoms with van der Waals surface area (Å²) in [5, 5.41) is 0.923. The molecule has 0 saturated carbocycles. The number of rotatable bonds is 2. The van der Waals surface area contributed by atoms with Crippen LogP contribution in [0.2, 0.25) is 0 Å². The van der Waals surface area contributed by atoms with Crippen LogP contribution in [0.4, 0.5) is 0 Å². The number of hydrogen-bond acceptors (Lipinski definition) is 6. The van der Waals surface area contributed by atoms with E-state index in [1.165, 1.54) is 24.3 Å². The monoisotopic (exact) mass is 276 g/mol. The Hall–Kier alpha value is -1.54. The van der Waals surface area contributed by atoms with E-state index in [-0.39, 0.29) is 11.5 Å². The average molecular weight is 276 g/mol. The fourth-order valence-electron chi connectivity index (χ4n) is 1.26. The van der Waals surface area contributed by atoms with Crippen molar-refractivity contribution < 1.29 is 25.2 Å². The van der Waals surface area contributed by atoms with Gasteiger partial charge in [0.05, 0.1) is 11.7 Å². The lowest BCUT2D eigenvalue weighted by Gasteiger charge is -2.12. The summed E-state index contributed by atoms with van der Waals surface area (Å²) in [6, 6.07) is 4.12.